The van der Waals surface area contributed by atoms with E-state index in [0.717, 1.165) is 45.1 Å². The van der Waals surface area contributed by atoms with Crippen LogP contribution in [0.5, 0.6) is 0 Å². The van der Waals surface area contributed by atoms with Crippen LogP contribution in [0, 0.1) is 0 Å². The predicted molar refractivity (Wildman–Crippen MR) is 82.6 cm³/mol. The van der Waals surface area contributed by atoms with Crippen LogP contribution in [0.4, 0.5) is 0 Å². The molecule has 0 aromatic carbocycles. The molecule has 3 heteroatoms. The standard InChI is InChI=1S/C17H30O3/c1-3-4-9-16(18)10-7-8-15(2)12-14-20-17-11-5-6-13-19-17/h7-8,12,16-18H,3-6,9-11,13-14H2,1-2H3/b8-7-,15-12+. The zero-order chi connectivity index (χ0) is 14.6. The molecule has 1 heterocycles. The molecule has 0 spiro atoms. The molecular formula is C17H30O3. The number of hydrogen-bond donors (Lipinski definition) is 1. The largest absolute Gasteiger partial charge is 0.393 e. The lowest BCUT2D eigenvalue weighted by Crippen LogP contribution is -2.22. The molecular weight excluding hydrogens is 252 g/mol. The zero-order valence-corrected chi connectivity index (χ0v) is 13.0. The van der Waals surface area contributed by atoms with Crippen LogP contribution in [-0.2, 0) is 9.47 Å². The second kappa shape index (κ2) is 11.1. The quantitative estimate of drug-likeness (QED) is 0.650. The monoisotopic (exact) mass is 282 g/mol. The summed E-state index contributed by atoms with van der Waals surface area (Å²) in [5.41, 5.74) is 1.17. The van der Waals surface area contributed by atoms with Crippen molar-refractivity contribution in [1.29, 1.82) is 0 Å². The summed E-state index contributed by atoms with van der Waals surface area (Å²) in [6, 6.07) is 0. The summed E-state index contributed by atoms with van der Waals surface area (Å²) in [5, 5.41) is 9.73. The third kappa shape index (κ3) is 8.51. The highest BCUT2D eigenvalue weighted by Crippen LogP contribution is 2.13. The van der Waals surface area contributed by atoms with Crippen molar-refractivity contribution >= 4 is 0 Å². The van der Waals surface area contributed by atoms with E-state index in [1.54, 1.807) is 0 Å². The van der Waals surface area contributed by atoms with Crippen molar-refractivity contribution in [1.82, 2.24) is 0 Å². The van der Waals surface area contributed by atoms with Gasteiger partial charge < -0.3 is 14.6 Å². The van der Waals surface area contributed by atoms with Gasteiger partial charge in [0.25, 0.3) is 0 Å². The molecule has 2 unspecified atom stereocenters. The minimum atomic E-state index is -0.203. The molecule has 0 aromatic heterocycles. The Labute approximate surface area is 123 Å². The summed E-state index contributed by atoms with van der Waals surface area (Å²) in [4.78, 5) is 0. The molecule has 0 bridgehead atoms. The highest BCUT2D eigenvalue weighted by molar-refractivity contribution is 5.15. The van der Waals surface area contributed by atoms with Gasteiger partial charge in [-0.15, -0.1) is 0 Å². The molecule has 1 fully saturated rings. The first-order chi connectivity index (χ1) is 9.72. The second-order valence-corrected chi connectivity index (χ2v) is 5.51. The Bertz CT molecular complexity index is 291. The number of aliphatic hydroxyl groups excluding tert-OH is 1. The smallest absolute Gasteiger partial charge is 0.157 e. The molecule has 1 aliphatic heterocycles. The number of aliphatic hydroxyl groups is 1. The molecule has 20 heavy (non-hydrogen) atoms. The van der Waals surface area contributed by atoms with Crippen molar-refractivity contribution in [3.8, 4) is 0 Å². The van der Waals surface area contributed by atoms with Gasteiger partial charge in [-0.3, -0.25) is 0 Å². The van der Waals surface area contributed by atoms with E-state index in [2.05, 4.69) is 26.0 Å². The maximum Gasteiger partial charge on any atom is 0.157 e. The van der Waals surface area contributed by atoms with E-state index in [1.807, 2.05) is 6.08 Å². The Balaban J connectivity index is 2.13. The molecule has 1 aliphatic rings. The fraction of sp³-hybridized carbons (Fsp3) is 0.765. The first-order valence-corrected chi connectivity index (χ1v) is 7.97. The minimum absolute atomic E-state index is 0.0207. The topological polar surface area (TPSA) is 38.7 Å². The average molecular weight is 282 g/mol. The Morgan fingerprint density at radius 3 is 3.00 bits per heavy atom. The second-order valence-electron chi connectivity index (χ2n) is 5.51. The molecule has 3 nitrogen and oxygen atoms in total. The van der Waals surface area contributed by atoms with Crippen molar-refractivity contribution in [2.45, 2.75) is 71.2 Å². The van der Waals surface area contributed by atoms with Crippen LogP contribution in [0.1, 0.15) is 58.8 Å². The Morgan fingerprint density at radius 1 is 1.45 bits per heavy atom. The first kappa shape index (κ1) is 17.4. The molecule has 1 saturated heterocycles. The fourth-order valence-electron chi connectivity index (χ4n) is 2.17. The van der Waals surface area contributed by atoms with Crippen LogP contribution >= 0.6 is 0 Å². The third-order valence-corrected chi connectivity index (χ3v) is 3.51. The summed E-state index contributed by atoms with van der Waals surface area (Å²) >= 11 is 0. The number of rotatable bonds is 9. The van der Waals surface area contributed by atoms with Crippen LogP contribution in [0.15, 0.2) is 23.8 Å². The minimum Gasteiger partial charge on any atom is -0.393 e. The van der Waals surface area contributed by atoms with Gasteiger partial charge in [-0.05, 0) is 39.0 Å². The summed E-state index contributed by atoms with van der Waals surface area (Å²) in [6.07, 6.45) is 13.2. The molecule has 0 aliphatic carbocycles. The zero-order valence-electron chi connectivity index (χ0n) is 13.0. The summed E-state index contributed by atoms with van der Waals surface area (Å²) < 4.78 is 11.2. The molecule has 0 saturated carbocycles. The molecule has 116 valence electrons. The number of ether oxygens (including phenoxy) is 2. The average Bonchev–Trinajstić information content (AvgIpc) is 2.46. The number of unbranched alkanes of at least 4 members (excludes halogenated alkanes) is 1. The predicted octanol–water partition coefficient (Wildman–Crippen LogP) is 3.97. The van der Waals surface area contributed by atoms with E-state index >= 15 is 0 Å². The van der Waals surface area contributed by atoms with Crippen molar-refractivity contribution in [2.75, 3.05) is 13.2 Å². The summed E-state index contributed by atoms with van der Waals surface area (Å²) in [5.74, 6) is 0. The maximum atomic E-state index is 9.73. The van der Waals surface area contributed by atoms with Gasteiger partial charge >= 0.3 is 0 Å². The van der Waals surface area contributed by atoms with E-state index in [1.165, 1.54) is 12.0 Å². The van der Waals surface area contributed by atoms with Crippen molar-refractivity contribution in [3.05, 3.63) is 23.8 Å². The van der Waals surface area contributed by atoms with Gasteiger partial charge in [-0.1, -0.05) is 43.6 Å². The molecule has 2 atom stereocenters. The number of allylic oxidation sites excluding steroid dienone is 2. The van der Waals surface area contributed by atoms with Crippen LogP contribution < -0.4 is 0 Å². The Kier molecular flexibility index (Phi) is 9.63. The van der Waals surface area contributed by atoms with Crippen molar-refractivity contribution in [3.63, 3.8) is 0 Å². The molecule has 0 amide bonds. The van der Waals surface area contributed by atoms with E-state index < -0.39 is 0 Å². The summed E-state index contributed by atoms with van der Waals surface area (Å²) in [6.45, 7) is 5.62. The van der Waals surface area contributed by atoms with E-state index in [0.29, 0.717) is 6.61 Å². The Morgan fingerprint density at radius 2 is 2.30 bits per heavy atom. The maximum absolute atomic E-state index is 9.73. The fourth-order valence-corrected chi connectivity index (χ4v) is 2.17. The SMILES string of the molecule is CCCCC(O)C/C=C\C(C)=C\COC1CCCCO1. The van der Waals surface area contributed by atoms with Gasteiger partial charge in [0, 0.05) is 6.61 Å². The van der Waals surface area contributed by atoms with Gasteiger partial charge in [0.15, 0.2) is 6.29 Å². The lowest BCUT2D eigenvalue weighted by molar-refractivity contribution is -0.155. The van der Waals surface area contributed by atoms with Gasteiger partial charge in [-0.2, -0.15) is 0 Å². The molecule has 1 N–H and O–H groups in total. The van der Waals surface area contributed by atoms with Gasteiger partial charge in [0.05, 0.1) is 12.7 Å². The van der Waals surface area contributed by atoms with E-state index in [-0.39, 0.29) is 12.4 Å². The van der Waals surface area contributed by atoms with Crippen molar-refractivity contribution in [2.24, 2.45) is 0 Å². The third-order valence-electron chi connectivity index (χ3n) is 3.51. The van der Waals surface area contributed by atoms with Crippen molar-refractivity contribution < 1.29 is 14.6 Å². The van der Waals surface area contributed by atoms with Crippen LogP contribution in [-0.4, -0.2) is 30.7 Å². The highest BCUT2D eigenvalue weighted by atomic mass is 16.7. The lowest BCUT2D eigenvalue weighted by Gasteiger charge is -2.22. The highest BCUT2D eigenvalue weighted by Gasteiger charge is 2.12. The Hall–Kier alpha value is -0.640. The van der Waals surface area contributed by atoms with Crippen LogP contribution in [0.3, 0.4) is 0 Å². The molecule has 1 rings (SSSR count). The van der Waals surface area contributed by atoms with Gasteiger partial charge in [0.1, 0.15) is 0 Å². The van der Waals surface area contributed by atoms with Crippen LogP contribution in [0.2, 0.25) is 0 Å². The van der Waals surface area contributed by atoms with Crippen LogP contribution in [0.25, 0.3) is 0 Å². The summed E-state index contributed by atoms with van der Waals surface area (Å²) in [7, 11) is 0. The normalized spacial score (nSPS) is 22.4. The van der Waals surface area contributed by atoms with Gasteiger partial charge in [0.2, 0.25) is 0 Å². The number of hydrogen-bond acceptors (Lipinski definition) is 3. The molecule has 0 aromatic rings. The first-order valence-electron chi connectivity index (χ1n) is 7.97. The van der Waals surface area contributed by atoms with E-state index in [4.69, 9.17) is 9.47 Å². The van der Waals surface area contributed by atoms with Gasteiger partial charge in [-0.25, -0.2) is 0 Å². The molecule has 0 radical (unpaired) electrons. The van der Waals surface area contributed by atoms with E-state index in [9.17, 15) is 5.11 Å². The lowest BCUT2D eigenvalue weighted by atomic mass is 10.1.